The molecule has 5 nitrogen and oxygen atoms in total. The molecule has 1 atom stereocenters. The van der Waals surface area contributed by atoms with E-state index in [1.165, 1.54) is 6.42 Å². The molecule has 0 aliphatic carbocycles. The van der Waals surface area contributed by atoms with Gasteiger partial charge in [0.15, 0.2) is 0 Å². The average Bonchev–Trinajstić information content (AvgIpc) is 3.08. The second-order valence-electron chi connectivity index (χ2n) is 5.78. The number of carbonyl (C=O) groups is 1. The van der Waals surface area contributed by atoms with Crippen molar-refractivity contribution in [3.63, 3.8) is 0 Å². The van der Waals surface area contributed by atoms with Crippen LogP contribution in [0.4, 0.5) is 0 Å². The van der Waals surface area contributed by atoms with Gasteiger partial charge in [-0.05, 0) is 45.6 Å². The largest absolute Gasteiger partial charge is 0.378 e. The highest BCUT2D eigenvalue weighted by Gasteiger charge is 2.18. The third-order valence-corrected chi connectivity index (χ3v) is 3.75. The van der Waals surface area contributed by atoms with Gasteiger partial charge < -0.3 is 9.64 Å². The number of ether oxygens (including phenoxy) is 1. The molecule has 20 heavy (non-hydrogen) atoms. The molecule has 0 N–H and O–H groups in total. The highest BCUT2D eigenvalue weighted by atomic mass is 16.5. The lowest BCUT2D eigenvalue weighted by Gasteiger charge is -2.17. The zero-order valence-corrected chi connectivity index (χ0v) is 12.7. The Morgan fingerprint density at radius 2 is 2.40 bits per heavy atom. The van der Waals surface area contributed by atoms with Crippen LogP contribution in [0, 0.1) is 0 Å². The highest BCUT2D eigenvalue weighted by Crippen LogP contribution is 2.17. The fourth-order valence-corrected chi connectivity index (χ4v) is 2.46. The van der Waals surface area contributed by atoms with Crippen molar-refractivity contribution in [3.05, 3.63) is 18.0 Å². The van der Waals surface area contributed by atoms with Gasteiger partial charge in [0.25, 0.3) is 5.91 Å². The molecular formula is C15H25N3O2. The molecule has 2 heterocycles. The number of amides is 1. The molecule has 0 spiro atoms. The minimum absolute atomic E-state index is 0.00302. The zero-order chi connectivity index (χ0) is 14.5. The van der Waals surface area contributed by atoms with Gasteiger partial charge in [0.1, 0.15) is 5.69 Å². The van der Waals surface area contributed by atoms with Crippen molar-refractivity contribution in [2.75, 3.05) is 20.2 Å². The molecular weight excluding hydrogens is 254 g/mol. The Balaban J connectivity index is 1.78. The zero-order valence-electron chi connectivity index (χ0n) is 12.7. The predicted molar refractivity (Wildman–Crippen MR) is 77.8 cm³/mol. The van der Waals surface area contributed by atoms with Crippen LogP contribution in [0.15, 0.2) is 12.3 Å². The van der Waals surface area contributed by atoms with Crippen LogP contribution in [-0.2, 0) is 4.74 Å². The van der Waals surface area contributed by atoms with E-state index in [2.05, 4.69) is 5.10 Å². The molecule has 112 valence electrons. The molecule has 0 aromatic carbocycles. The minimum Gasteiger partial charge on any atom is -0.378 e. The van der Waals surface area contributed by atoms with Crippen molar-refractivity contribution < 1.29 is 9.53 Å². The van der Waals surface area contributed by atoms with Crippen LogP contribution in [0.25, 0.3) is 0 Å². The smallest absolute Gasteiger partial charge is 0.274 e. The molecule has 1 amide bonds. The minimum atomic E-state index is -0.00302. The summed E-state index contributed by atoms with van der Waals surface area (Å²) in [6, 6.07) is 2.07. The molecule has 1 saturated heterocycles. The second-order valence-corrected chi connectivity index (χ2v) is 5.78. The summed E-state index contributed by atoms with van der Waals surface area (Å²) in [4.78, 5) is 14.0. The molecule has 5 heteroatoms. The second kappa shape index (κ2) is 6.88. The third kappa shape index (κ3) is 3.82. The van der Waals surface area contributed by atoms with Crippen molar-refractivity contribution in [2.24, 2.45) is 0 Å². The standard InChI is InChI=1S/C15H25N3O2/c1-12(2)18-10-8-14(16-18)15(19)17(3)9-4-6-13-7-5-11-20-13/h8,10,12-13H,4-7,9,11H2,1-3H3. The van der Waals surface area contributed by atoms with E-state index in [-0.39, 0.29) is 11.9 Å². The fraction of sp³-hybridized carbons (Fsp3) is 0.733. The Kier molecular flexibility index (Phi) is 5.17. The number of hydrogen-bond donors (Lipinski definition) is 0. The average molecular weight is 279 g/mol. The van der Waals surface area contributed by atoms with Gasteiger partial charge in [0.05, 0.1) is 6.10 Å². The number of aromatic nitrogens is 2. The number of rotatable bonds is 6. The van der Waals surface area contributed by atoms with Crippen molar-refractivity contribution in [2.45, 2.75) is 51.7 Å². The first-order valence-corrected chi connectivity index (χ1v) is 7.50. The Labute approximate surface area is 120 Å². The first-order chi connectivity index (χ1) is 9.58. The quantitative estimate of drug-likeness (QED) is 0.804. The SMILES string of the molecule is CC(C)n1ccc(C(=O)N(C)CCCC2CCCO2)n1. The summed E-state index contributed by atoms with van der Waals surface area (Å²) >= 11 is 0. The van der Waals surface area contributed by atoms with E-state index in [1.807, 2.05) is 31.8 Å². The van der Waals surface area contributed by atoms with E-state index < -0.39 is 0 Å². The number of nitrogens with zero attached hydrogens (tertiary/aromatic N) is 3. The maximum absolute atomic E-state index is 12.2. The number of hydrogen-bond acceptors (Lipinski definition) is 3. The van der Waals surface area contributed by atoms with E-state index in [0.29, 0.717) is 11.8 Å². The van der Waals surface area contributed by atoms with Gasteiger partial charge in [-0.25, -0.2) is 0 Å². The van der Waals surface area contributed by atoms with E-state index in [1.54, 1.807) is 11.0 Å². The van der Waals surface area contributed by atoms with Crippen molar-refractivity contribution in [1.29, 1.82) is 0 Å². The van der Waals surface area contributed by atoms with E-state index in [0.717, 1.165) is 32.4 Å². The van der Waals surface area contributed by atoms with Crippen LogP contribution in [0.3, 0.4) is 0 Å². The van der Waals surface area contributed by atoms with Crippen LogP contribution in [-0.4, -0.2) is 46.9 Å². The predicted octanol–water partition coefficient (Wildman–Crippen LogP) is 2.50. The van der Waals surface area contributed by atoms with Crippen molar-refractivity contribution in [1.82, 2.24) is 14.7 Å². The van der Waals surface area contributed by atoms with Gasteiger partial charge in [0, 0.05) is 32.4 Å². The molecule has 1 aromatic heterocycles. The van der Waals surface area contributed by atoms with Crippen LogP contribution in [0.5, 0.6) is 0 Å². The molecule has 1 fully saturated rings. The van der Waals surface area contributed by atoms with E-state index >= 15 is 0 Å². The maximum atomic E-state index is 12.2. The molecule has 1 aromatic rings. The summed E-state index contributed by atoms with van der Waals surface area (Å²) in [5, 5.41) is 4.32. The Bertz CT molecular complexity index is 436. The van der Waals surface area contributed by atoms with Gasteiger partial charge in [-0.15, -0.1) is 0 Å². The highest BCUT2D eigenvalue weighted by molar-refractivity contribution is 5.91. The van der Waals surface area contributed by atoms with Crippen LogP contribution in [0.1, 0.15) is 56.1 Å². The fourth-order valence-electron chi connectivity index (χ4n) is 2.46. The first-order valence-electron chi connectivity index (χ1n) is 7.50. The molecule has 1 unspecified atom stereocenters. The normalized spacial score (nSPS) is 18.7. The maximum Gasteiger partial charge on any atom is 0.274 e. The molecule has 0 saturated carbocycles. The van der Waals surface area contributed by atoms with Gasteiger partial charge in [-0.1, -0.05) is 0 Å². The van der Waals surface area contributed by atoms with Gasteiger partial charge >= 0.3 is 0 Å². The summed E-state index contributed by atoms with van der Waals surface area (Å²) in [6.45, 7) is 5.75. The lowest BCUT2D eigenvalue weighted by molar-refractivity contribution is 0.0757. The van der Waals surface area contributed by atoms with Gasteiger partial charge in [0.2, 0.25) is 0 Å². The Morgan fingerprint density at radius 3 is 3.00 bits per heavy atom. The van der Waals surface area contributed by atoms with Crippen molar-refractivity contribution >= 4 is 5.91 Å². The van der Waals surface area contributed by atoms with E-state index in [9.17, 15) is 4.79 Å². The Morgan fingerprint density at radius 1 is 1.60 bits per heavy atom. The third-order valence-electron chi connectivity index (χ3n) is 3.75. The summed E-state index contributed by atoms with van der Waals surface area (Å²) in [6.07, 6.45) is 6.62. The molecule has 2 rings (SSSR count). The summed E-state index contributed by atoms with van der Waals surface area (Å²) in [5.74, 6) is -0.00302. The Hall–Kier alpha value is -1.36. The molecule has 1 aliphatic rings. The van der Waals surface area contributed by atoms with Crippen molar-refractivity contribution in [3.8, 4) is 0 Å². The number of carbonyl (C=O) groups excluding carboxylic acids is 1. The van der Waals surface area contributed by atoms with E-state index in [4.69, 9.17) is 4.74 Å². The topological polar surface area (TPSA) is 47.4 Å². The van der Waals surface area contributed by atoms with Crippen LogP contribution in [0.2, 0.25) is 0 Å². The lowest BCUT2D eigenvalue weighted by atomic mass is 10.1. The first kappa shape index (κ1) is 15.0. The molecule has 0 radical (unpaired) electrons. The summed E-state index contributed by atoms with van der Waals surface area (Å²) < 4.78 is 7.40. The van der Waals surface area contributed by atoms with Crippen LogP contribution < -0.4 is 0 Å². The lowest BCUT2D eigenvalue weighted by Crippen LogP contribution is -2.28. The van der Waals surface area contributed by atoms with Gasteiger partial charge in [-0.2, -0.15) is 5.10 Å². The summed E-state index contributed by atoms with van der Waals surface area (Å²) in [7, 11) is 1.84. The van der Waals surface area contributed by atoms with Crippen LogP contribution >= 0.6 is 0 Å². The molecule has 0 bridgehead atoms. The monoisotopic (exact) mass is 279 g/mol. The molecule has 1 aliphatic heterocycles. The van der Waals surface area contributed by atoms with Gasteiger partial charge in [-0.3, -0.25) is 9.48 Å². The summed E-state index contributed by atoms with van der Waals surface area (Å²) in [5.41, 5.74) is 0.526.